The number of benzene rings is 2. The lowest BCUT2D eigenvalue weighted by molar-refractivity contribution is 0.430. The van der Waals surface area contributed by atoms with E-state index in [4.69, 9.17) is 11.6 Å². The molecule has 0 spiro atoms. The summed E-state index contributed by atoms with van der Waals surface area (Å²) >= 11 is 6.01. The van der Waals surface area contributed by atoms with Gasteiger partial charge in [0.05, 0.1) is 28.1 Å². The molecule has 2 N–H and O–H groups in total. The number of H-pyrrole nitrogens is 1. The van der Waals surface area contributed by atoms with Gasteiger partial charge in [0, 0.05) is 39.4 Å². The molecule has 0 atom stereocenters. The molecule has 0 fully saturated rings. The van der Waals surface area contributed by atoms with E-state index in [-0.39, 0.29) is 16.9 Å². The molecule has 2 aromatic carbocycles. The molecule has 11 heteroatoms. The van der Waals surface area contributed by atoms with Crippen molar-refractivity contribution in [2.24, 2.45) is 19.1 Å². The number of nitrogens with zero attached hydrogens (tertiary/aromatic N) is 5. The third-order valence-corrected chi connectivity index (χ3v) is 5.61. The summed E-state index contributed by atoms with van der Waals surface area (Å²) in [4.78, 5) is 45.6. The molecule has 4 rings (SSSR count). The van der Waals surface area contributed by atoms with Crippen molar-refractivity contribution in [2.45, 2.75) is 0 Å². The minimum atomic E-state index is -0.813. The van der Waals surface area contributed by atoms with E-state index in [1.165, 1.54) is 21.4 Å². The summed E-state index contributed by atoms with van der Waals surface area (Å²) in [6, 6.07) is 9.83. The van der Waals surface area contributed by atoms with Gasteiger partial charge in [-0.15, -0.1) is 0 Å². The molecule has 0 saturated carbocycles. The van der Waals surface area contributed by atoms with E-state index < -0.39 is 17.1 Å². The maximum atomic E-state index is 12.5. The molecule has 0 aliphatic heterocycles. The summed E-state index contributed by atoms with van der Waals surface area (Å²) in [6.07, 6.45) is 1.18. The Labute approximate surface area is 192 Å². The van der Waals surface area contributed by atoms with Crippen molar-refractivity contribution in [3.63, 3.8) is 0 Å². The number of rotatable bonds is 4. The molecular formula is C22H21ClN6O4. The van der Waals surface area contributed by atoms with Crippen molar-refractivity contribution in [1.82, 2.24) is 18.7 Å². The Morgan fingerprint density at radius 1 is 1.06 bits per heavy atom. The normalized spacial score (nSPS) is 11.5. The molecule has 0 amide bonds. The lowest BCUT2D eigenvalue weighted by atomic mass is 10.2. The number of fused-ring (bicyclic) bond motifs is 1. The van der Waals surface area contributed by atoms with Gasteiger partial charge in [-0.2, -0.15) is 0 Å². The number of hydrogen-bond donors (Lipinski definition) is 2. The van der Waals surface area contributed by atoms with E-state index in [1.54, 1.807) is 38.4 Å². The van der Waals surface area contributed by atoms with Crippen LogP contribution in [-0.4, -0.2) is 44.1 Å². The van der Waals surface area contributed by atoms with E-state index in [9.17, 15) is 19.5 Å². The van der Waals surface area contributed by atoms with Gasteiger partial charge in [0.15, 0.2) is 0 Å². The molecular weight excluding hydrogens is 448 g/mol. The van der Waals surface area contributed by atoms with Gasteiger partial charge < -0.3 is 10.0 Å². The van der Waals surface area contributed by atoms with Crippen molar-refractivity contribution in [2.75, 3.05) is 19.0 Å². The molecule has 4 aromatic rings. The van der Waals surface area contributed by atoms with Crippen LogP contribution in [0.1, 0.15) is 5.56 Å². The number of aromatic amines is 1. The van der Waals surface area contributed by atoms with Crippen LogP contribution in [0, 0.1) is 0 Å². The Kier molecular flexibility index (Phi) is 5.46. The lowest BCUT2D eigenvalue weighted by Gasteiger charge is -2.16. The second-order valence-corrected chi connectivity index (χ2v) is 8.13. The van der Waals surface area contributed by atoms with Crippen LogP contribution in [0.2, 0.25) is 5.02 Å². The summed E-state index contributed by atoms with van der Waals surface area (Å²) in [5, 5.41) is 11.1. The highest BCUT2D eigenvalue weighted by molar-refractivity contribution is 6.30. The van der Waals surface area contributed by atoms with Gasteiger partial charge in [0.2, 0.25) is 5.88 Å². The molecule has 33 heavy (non-hydrogen) atoms. The number of aromatic nitrogens is 4. The zero-order valence-corrected chi connectivity index (χ0v) is 19.1. The summed E-state index contributed by atoms with van der Waals surface area (Å²) in [6.45, 7) is 0. The highest BCUT2D eigenvalue weighted by Gasteiger charge is 2.16. The van der Waals surface area contributed by atoms with Crippen LogP contribution in [0.25, 0.3) is 16.7 Å². The fourth-order valence-corrected chi connectivity index (χ4v) is 3.81. The molecule has 170 valence electrons. The van der Waals surface area contributed by atoms with Crippen LogP contribution in [0.4, 0.5) is 11.4 Å². The average molecular weight is 469 g/mol. The Hall–Kier alpha value is -4.05. The van der Waals surface area contributed by atoms with Crippen LogP contribution in [-0.2, 0) is 14.1 Å². The first kappa shape index (κ1) is 22.2. The minimum Gasteiger partial charge on any atom is -0.493 e. The second kappa shape index (κ2) is 8.14. The van der Waals surface area contributed by atoms with E-state index in [2.05, 4.69) is 9.98 Å². The molecule has 10 nitrogen and oxygen atoms in total. The number of aryl methyl sites for hydroxylation is 2. The summed E-state index contributed by atoms with van der Waals surface area (Å²) < 4.78 is 3.97. The zero-order chi connectivity index (χ0) is 24.0. The maximum Gasteiger partial charge on any atom is 0.335 e. The van der Waals surface area contributed by atoms with Crippen molar-refractivity contribution in [3.05, 3.63) is 78.3 Å². The first-order valence-corrected chi connectivity index (χ1v) is 10.2. The standard InChI is InChI=1S/C22H21ClN6O4/c1-26(2)16-10-18-17(27(3)22(33)28(18)4)9-15(16)24-11-14-19(30)25-21(32)29(20(14)31)13-7-5-6-12(23)8-13/h5-11,31H,1-4H3,(H,25,30,32). The molecule has 0 bridgehead atoms. The van der Waals surface area contributed by atoms with Gasteiger partial charge in [0.25, 0.3) is 5.56 Å². The van der Waals surface area contributed by atoms with Crippen molar-refractivity contribution in [3.8, 4) is 11.6 Å². The Balaban J connectivity index is 1.91. The van der Waals surface area contributed by atoms with Crippen molar-refractivity contribution in [1.29, 1.82) is 0 Å². The van der Waals surface area contributed by atoms with E-state index in [1.807, 2.05) is 25.1 Å². The first-order chi connectivity index (χ1) is 15.6. The second-order valence-electron chi connectivity index (χ2n) is 7.69. The molecule has 0 radical (unpaired) electrons. The average Bonchev–Trinajstić information content (AvgIpc) is 2.96. The summed E-state index contributed by atoms with van der Waals surface area (Å²) in [5.74, 6) is -0.575. The van der Waals surface area contributed by atoms with E-state index in [0.29, 0.717) is 21.9 Å². The summed E-state index contributed by atoms with van der Waals surface area (Å²) in [7, 11) is 6.99. The molecule has 0 saturated heterocycles. The van der Waals surface area contributed by atoms with Crippen LogP contribution in [0.3, 0.4) is 0 Å². The number of halogens is 1. The molecule has 0 aliphatic carbocycles. The van der Waals surface area contributed by atoms with Crippen LogP contribution in [0.5, 0.6) is 5.88 Å². The van der Waals surface area contributed by atoms with Crippen LogP contribution in [0.15, 0.2) is 55.8 Å². The number of hydrogen-bond acceptors (Lipinski definition) is 6. The third-order valence-electron chi connectivity index (χ3n) is 5.37. The predicted molar refractivity (Wildman–Crippen MR) is 129 cm³/mol. The highest BCUT2D eigenvalue weighted by atomic mass is 35.5. The van der Waals surface area contributed by atoms with Gasteiger partial charge >= 0.3 is 11.4 Å². The number of aromatic hydroxyl groups is 1. The highest BCUT2D eigenvalue weighted by Crippen LogP contribution is 2.32. The summed E-state index contributed by atoms with van der Waals surface area (Å²) in [5.41, 5.74) is 0.825. The quantitative estimate of drug-likeness (QED) is 0.443. The number of aliphatic imine (C=N–C) groups is 1. The molecule has 2 heterocycles. The van der Waals surface area contributed by atoms with Gasteiger partial charge in [-0.05, 0) is 30.3 Å². The molecule has 2 aromatic heterocycles. The van der Waals surface area contributed by atoms with Crippen molar-refractivity contribution >= 4 is 40.2 Å². The lowest BCUT2D eigenvalue weighted by Crippen LogP contribution is -2.31. The fourth-order valence-electron chi connectivity index (χ4n) is 3.63. The first-order valence-electron chi connectivity index (χ1n) is 9.85. The van der Waals surface area contributed by atoms with E-state index >= 15 is 0 Å². The molecule has 0 unspecified atom stereocenters. The number of imidazole rings is 1. The van der Waals surface area contributed by atoms with Crippen molar-refractivity contribution < 1.29 is 5.11 Å². The number of nitrogens with one attached hydrogen (secondary N) is 1. The van der Waals surface area contributed by atoms with Gasteiger partial charge in [-0.3, -0.25) is 23.9 Å². The Bertz CT molecular complexity index is 1610. The van der Waals surface area contributed by atoms with Gasteiger partial charge in [-0.25, -0.2) is 14.2 Å². The van der Waals surface area contributed by atoms with E-state index in [0.717, 1.165) is 10.1 Å². The van der Waals surface area contributed by atoms with Gasteiger partial charge in [-0.1, -0.05) is 17.7 Å². The number of anilines is 1. The third kappa shape index (κ3) is 3.74. The van der Waals surface area contributed by atoms with Crippen LogP contribution < -0.4 is 21.8 Å². The monoisotopic (exact) mass is 468 g/mol. The minimum absolute atomic E-state index is 0.182. The SMILES string of the molecule is CN(C)c1cc2c(cc1N=Cc1c(O)n(-c3cccc(Cl)c3)c(=O)[nH]c1=O)n(C)c(=O)n2C. The zero-order valence-electron chi connectivity index (χ0n) is 18.3. The Morgan fingerprint density at radius 3 is 2.36 bits per heavy atom. The fraction of sp³-hybridized carbons (Fsp3) is 0.182. The molecule has 0 aliphatic rings. The smallest absolute Gasteiger partial charge is 0.335 e. The van der Waals surface area contributed by atoms with Gasteiger partial charge in [0.1, 0.15) is 5.56 Å². The topological polar surface area (TPSA) is 118 Å². The van der Waals surface area contributed by atoms with Crippen LogP contribution >= 0.6 is 11.6 Å². The largest absolute Gasteiger partial charge is 0.493 e. The Morgan fingerprint density at radius 2 is 1.73 bits per heavy atom. The predicted octanol–water partition coefficient (Wildman–Crippen LogP) is 1.89. The maximum absolute atomic E-state index is 12.5.